The minimum Gasteiger partial charge on any atom is -0.359 e. The van der Waals surface area contributed by atoms with E-state index in [1.165, 1.54) is 10.9 Å². The van der Waals surface area contributed by atoms with Crippen molar-refractivity contribution in [1.82, 2.24) is 9.78 Å². The molecule has 0 saturated carbocycles. The quantitative estimate of drug-likeness (QED) is 0.466. The molecule has 1 aromatic heterocycles. The largest absolute Gasteiger partial charge is 0.359 e. The molecule has 0 fully saturated rings. The highest BCUT2D eigenvalue weighted by molar-refractivity contribution is 5.54. The van der Waals surface area contributed by atoms with Gasteiger partial charge in [0.15, 0.2) is 0 Å². The predicted octanol–water partition coefficient (Wildman–Crippen LogP) is 1.71. The van der Waals surface area contributed by atoms with Crippen molar-refractivity contribution in [3.8, 4) is 0 Å². The van der Waals surface area contributed by atoms with E-state index < -0.39 is 4.92 Å². The third-order valence-electron chi connectivity index (χ3n) is 1.79. The fourth-order valence-electron chi connectivity index (χ4n) is 1.09. The Bertz CT molecular complexity index is 391. The van der Waals surface area contributed by atoms with Crippen molar-refractivity contribution in [3.63, 3.8) is 0 Å². The van der Waals surface area contributed by atoms with Crippen LogP contribution >= 0.6 is 0 Å². The first-order valence-electron chi connectivity index (χ1n) is 4.56. The van der Waals surface area contributed by atoms with Gasteiger partial charge in [-0.1, -0.05) is 11.6 Å². The van der Waals surface area contributed by atoms with Gasteiger partial charge in [-0.2, -0.15) is 0 Å². The number of hydrogen-bond donors (Lipinski definition) is 1. The zero-order valence-corrected chi connectivity index (χ0v) is 9.02. The Morgan fingerprint density at radius 1 is 1.73 bits per heavy atom. The van der Waals surface area contributed by atoms with E-state index in [0.717, 1.165) is 5.57 Å². The molecule has 6 nitrogen and oxygen atoms in total. The van der Waals surface area contributed by atoms with Crippen molar-refractivity contribution >= 4 is 11.5 Å². The number of nitro groups is 1. The van der Waals surface area contributed by atoms with E-state index in [-0.39, 0.29) is 5.69 Å². The monoisotopic (exact) mass is 210 g/mol. The van der Waals surface area contributed by atoms with Gasteiger partial charge < -0.3 is 5.32 Å². The maximum Gasteiger partial charge on any atom is 0.330 e. The number of rotatable bonds is 4. The van der Waals surface area contributed by atoms with E-state index in [9.17, 15) is 10.1 Å². The van der Waals surface area contributed by atoms with Gasteiger partial charge in [-0.25, -0.2) is 0 Å². The number of aromatic nitrogens is 2. The van der Waals surface area contributed by atoms with Gasteiger partial charge in [-0.05, 0) is 13.8 Å². The van der Waals surface area contributed by atoms with Crippen LogP contribution in [-0.2, 0) is 7.05 Å². The topological polar surface area (TPSA) is 73.0 Å². The molecule has 0 bridgehead atoms. The molecule has 0 amide bonds. The van der Waals surface area contributed by atoms with E-state index in [1.807, 2.05) is 19.9 Å². The zero-order chi connectivity index (χ0) is 11.4. The Labute approximate surface area is 87.7 Å². The van der Waals surface area contributed by atoms with Crippen molar-refractivity contribution in [2.45, 2.75) is 13.8 Å². The fraction of sp³-hybridized carbons (Fsp3) is 0.444. The van der Waals surface area contributed by atoms with Gasteiger partial charge in [0.05, 0.1) is 4.92 Å². The normalized spacial score (nSPS) is 9.80. The minimum atomic E-state index is -0.447. The second-order valence-electron chi connectivity index (χ2n) is 3.46. The Balaban J connectivity index is 2.76. The molecule has 1 aromatic rings. The Morgan fingerprint density at radius 2 is 2.40 bits per heavy atom. The van der Waals surface area contributed by atoms with Crippen LogP contribution in [0.5, 0.6) is 0 Å². The molecule has 0 aromatic carbocycles. The van der Waals surface area contributed by atoms with Crippen LogP contribution in [-0.4, -0.2) is 21.2 Å². The molecule has 6 heteroatoms. The lowest BCUT2D eigenvalue weighted by Crippen LogP contribution is -2.02. The summed E-state index contributed by atoms with van der Waals surface area (Å²) in [5, 5.41) is 17.5. The summed E-state index contributed by atoms with van der Waals surface area (Å²) in [6, 6.07) is 0. The van der Waals surface area contributed by atoms with Crippen LogP contribution in [0.15, 0.2) is 17.8 Å². The van der Waals surface area contributed by atoms with Crippen LogP contribution < -0.4 is 5.32 Å². The molecule has 0 atom stereocenters. The molecule has 1 N–H and O–H groups in total. The summed E-state index contributed by atoms with van der Waals surface area (Å²) in [7, 11) is 1.65. The highest BCUT2D eigenvalue weighted by Crippen LogP contribution is 2.20. The zero-order valence-electron chi connectivity index (χ0n) is 9.02. The van der Waals surface area contributed by atoms with Crippen LogP contribution in [0.4, 0.5) is 11.5 Å². The first kappa shape index (κ1) is 11.2. The highest BCUT2D eigenvalue weighted by atomic mass is 16.6. The van der Waals surface area contributed by atoms with Gasteiger partial charge in [-0.15, -0.1) is 5.10 Å². The molecular formula is C9H14N4O2. The third kappa shape index (κ3) is 3.08. The first-order valence-corrected chi connectivity index (χ1v) is 4.56. The number of nitrogens with zero attached hydrogens (tertiary/aromatic N) is 3. The SMILES string of the molecule is CC(C)=CCNc1nn(C)cc1[N+](=O)[O-]. The van der Waals surface area contributed by atoms with Crippen LogP contribution in [0.25, 0.3) is 0 Å². The molecule has 0 radical (unpaired) electrons. The number of hydrogen-bond acceptors (Lipinski definition) is 4. The molecular weight excluding hydrogens is 196 g/mol. The van der Waals surface area contributed by atoms with Crippen molar-refractivity contribution < 1.29 is 4.92 Å². The lowest BCUT2D eigenvalue weighted by atomic mass is 10.3. The summed E-state index contributed by atoms with van der Waals surface area (Å²) in [5.74, 6) is 0.306. The standard InChI is InChI=1S/C9H14N4O2/c1-7(2)4-5-10-9-8(13(14)15)6-12(3)11-9/h4,6H,5H2,1-3H3,(H,10,11). The number of allylic oxidation sites excluding steroid dienone is 1. The fourth-order valence-corrected chi connectivity index (χ4v) is 1.09. The lowest BCUT2D eigenvalue weighted by molar-refractivity contribution is -0.384. The Hall–Kier alpha value is -1.85. The van der Waals surface area contributed by atoms with Gasteiger partial charge in [0.2, 0.25) is 5.82 Å². The number of aryl methyl sites for hydroxylation is 1. The van der Waals surface area contributed by atoms with E-state index >= 15 is 0 Å². The molecule has 1 heterocycles. The van der Waals surface area contributed by atoms with Crippen LogP contribution in [0, 0.1) is 10.1 Å². The molecule has 15 heavy (non-hydrogen) atoms. The third-order valence-corrected chi connectivity index (χ3v) is 1.79. The van der Waals surface area contributed by atoms with Crippen LogP contribution in [0.1, 0.15) is 13.8 Å². The van der Waals surface area contributed by atoms with Gasteiger partial charge in [0.25, 0.3) is 0 Å². The molecule has 0 aliphatic carbocycles. The van der Waals surface area contributed by atoms with Crippen LogP contribution in [0.2, 0.25) is 0 Å². The van der Waals surface area contributed by atoms with Gasteiger partial charge >= 0.3 is 5.69 Å². The van der Waals surface area contributed by atoms with Gasteiger partial charge in [-0.3, -0.25) is 14.8 Å². The van der Waals surface area contributed by atoms with Crippen molar-refractivity contribution in [3.05, 3.63) is 28.0 Å². The van der Waals surface area contributed by atoms with E-state index in [0.29, 0.717) is 12.4 Å². The highest BCUT2D eigenvalue weighted by Gasteiger charge is 2.17. The maximum absolute atomic E-state index is 10.6. The first-order chi connectivity index (χ1) is 7.00. The maximum atomic E-state index is 10.6. The molecule has 82 valence electrons. The van der Waals surface area contributed by atoms with Crippen molar-refractivity contribution in [2.24, 2.45) is 7.05 Å². The summed E-state index contributed by atoms with van der Waals surface area (Å²) in [6.45, 7) is 4.48. The summed E-state index contributed by atoms with van der Waals surface area (Å²) in [4.78, 5) is 10.2. The average Bonchev–Trinajstić information content (AvgIpc) is 2.46. The lowest BCUT2D eigenvalue weighted by Gasteiger charge is -1.98. The van der Waals surface area contributed by atoms with Gasteiger partial charge in [0.1, 0.15) is 6.20 Å². The number of nitrogens with one attached hydrogen (secondary N) is 1. The Kier molecular flexibility index (Phi) is 3.43. The molecule has 0 unspecified atom stereocenters. The molecule has 1 rings (SSSR count). The molecule has 0 spiro atoms. The molecule has 0 saturated heterocycles. The summed E-state index contributed by atoms with van der Waals surface area (Å²) in [6.07, 6.45) is 3.32. The Morgan fingerprint density at radius 3 is 2.93 bits per heavy atom. The van der Waals surface area contributed by atoms with E-state index in [2.05, 4.69) is 10.4 Å². The predicted molar refractivity (Wildman–Crippen MR) is 57.8 cm³/mol. The smallest absolute Gasteiger partial charge is 0.330 e. The van der Waals surface area contributed by atoms with Crippen molar-refractivity contribution in [2.75, 3.05) is 11.9 Å². The van der Waals surface area contributed by atoms with E-state index in [1.54, 1.807) is 7.05 Å². The molecule has 0 aliphatic heterocycles. The average molecular weight is 210 g/mol. The second-order valence-corrected chi connectivity index (χ2v) is 3.46. The molecule has 0 aliphatic rings. The summed E-state index contributed by atoms with van der Waals surface area (Å²) < 4.78 is 1.42. The van der Waals surface area contributed by atoms with E-state index in [4.69, 9.17) is 0 Å². The summed E-state index contributed by atoms with van der Waals surface area (Å²) in [5.41, 5.74) is 1.15. The second kappa shape index (κ2) is 4.59. The number of anilines is 1. The minimum absolute atomic E-state index is 0.000318. The van der Waals surface area contributed by atoms with Crippen molar-refractivity contribution in [1.29, 1.82) is 0 Å². The summed E-state index contributed by atoms with van der Waals surface area (Å²) >= 11 is 0. The van der Waals surface area contributed by atoms with Crippen LogP contribution in [0.3, 0.4) is 0 Å². The van der Waals surface area contributed by atoms with Gasteiger partial charge in [0, 0.05) is 13.6 Å².